The van der Waals surface area contributed by atoms with Crippen LogP contribution in [0.15, 0.2) is 69.6 Å². The molecule has 108 valence electrons. The minimum Gasteiger partial charge on any atom is -0.308 e. The van der Waals surface area contributed by atoms with Crippen LogP contribution in [0.2, 0.25) is 0 Å². The van der Waals surface area contributed by atoms with E-state index in [0.717, 1.165) is 8.95 Å². The fraction of sp³-hybridized carbons (Fsp3) is 0. The van der Waals surface area contributed by atoms with Gasteiger partial charge in [0.25, 0.3) is 0 Å². The van der Waals surface area contributed by atoms with Gasteiger partial charge in [-0.3, -0.25) is 0 Å². The standard InChI is InChI=1S/C18H10Br2IN/c19-11-5-7-16-13(9-11)14-10-12(20)6-8-17(14)22(16)18-4-2-1-3-15(18)21/h1-10H. The number of rotatable bonds is 1. The van der Waals surface area contributed by atoms with Crippen LogP contribution in [-0.2, 0) is 0 Å². The lowest BCUT2D eigenvalue weighted by molar-refractivity contribution is 1.17. The molecule has 0 aliphatic carbocycles. The first-order chi connectivity index (χ1) is 10.6. The molecule has 0 amide bonds. The molecule has 3 aromatic carbocycles. The van der Waals surface area contributed by atoms with E-state index in [9.17, 15) is 0 Å². The van der Waals surface area contributed by atoms with E-state index in [-0.39, 0.29) is 0 Å². The molecule has 0 radical (unpaired) electrons. The normalized spacial score (nSPS) is 11.4. The Morgan fingerprint density at radius 2 is 1.27 bits per heavy atom. The molecule has 1 heterocycles. The van der Waals surface area contributed by atoms with Gasteiger partial charge in [-0.15, -0.1) is 0 Å². The maximum Gasteiger partial charge on any atom is 0.0595 e. The van der Waals surface area contributed by atoms with Gasteiger partial charge >= 0.3 is 0 Å². The summed E-state index contributed by atoms with van der Waals surface area (Å²) in [5.74, 6) is 0. The maximum absolute atomic E-state index is 3.59. The summed E-state index contributed by atoms with van der Waals surface area (Å²) in [4.78, 5) is 0. The number of benzene rings is 3. The minimum atomic E-state index is 1.10. The van der Waals surface area contributed by atoms with E-state index in [1.807, 2.05) is 0 Å². The molecule has 0 atom stereocenters. The third-order valence-electron chi connectivity index (χ3n) is 3.78. The molecule has 4 rings (SSSR count). The van der Waals surface area contributed by atoms with Crippen LogP contribution in [0.1, 0.15) is 0 Å². The van der Waals surface area contributed by atoms with Gasteiger partial charge in [-0.05, 0) is 71.1 Å². The van der Waals surface area contributed by atoms with Crippen molar-refractivity contribution in [2.75, 3.05) is 0 Å². The highest BCUT2D eigenvalue weighted by atomic mass is 127. The Bertz CT molecular complexity index is 961. The molecular weight excluding hydrogens is 517 g/mol. The van der Waals surface area contributed by atoms with E-state index in [1.54, 1.807) is 0 Å². The van der Waals surface area contributed by atoms with Crippen LogP contribution in [0.3, 0.4) is 0 Å². The second kappa shape index (κ2) is 5.65. The fourth-order valence-corrected chi connectivity index (χ4v) is 4.21. The number of nitrogens with zero attached hydrogens (tertiary/aromatic N) is 1. The number of hydrogen-bond acceptors (Lipinski definition) is 0. The number of para-hydroxylation sites is 1. The Hall–Kier alpha value is -0.850. The van der Waals surface area contributed by atoms with Crippen molar-refractivity contribution in [2.45, 2.75) is 0 Å². The zero-order valence-corrected chi connectivity index (χ0v) is 16.7. The van der Waals surface area contributed by atoms with Crippen molar-refractivity contribution in [3.63, 3.8) is 0 Å². The van der Waals surface area contributed by atoms with Crippen LogP contribution in [0.5, 0.6) is 0 Å². The van der Waals surface area contributed by atoms with Crippen LogP contribution in [0.4, 0.5) is 0 Å². The van der Waals surface area contributed by atoms with Crippen LogP contribution in [0, 0.1) is 3.57 Å². The SMILES string of the molecule is Brc1ccc2c(c1)c1cc(Br)ccc1n2-c1ccccc1I. The number of hydrogen-bond donors (Lipinski definition) is 0. The van der Waals surface area contributed by atoms with Gasteiger partial charge in [0.15, 0.2) is 0 Å². The van der Waals surface area contributed by atoms with Crippen molar-refractivity contribution < 1.29 is 0 Å². The van der Waals surface area contributed by atoms with Gasteiger partial charge in [-0.2, -0.15) is 0 Å². The maximum atomic E-state index is 3.59. The molecule has 0 saturated carbocycles. The van der Waals surface area contributed by atoms with E-state index in [1.165, 1.54) is 31.1 Å². The molecule has 0 unspecified atom stereocenters. The summed E-state index contributed by atoms with van der Waals surface area (Å²) in [5.41, 5.74) is 3.66. The van der Waals surface area contributed by atoms with E-state index < -0.39 is 0 Å². The number of aromatic nitrogens is 1. The predicted molar refractivity (Wildman–Crippen MR) is 109 cm³/mol. The summed E-state index contributed by atoms with van der Waals surface area (Å²) in [7, 11) is 0. The monoisotopic (exact) mass is 525 g/mol. The van der Waals surface area contributed by atoms with Crippen LogP contribution >= 0.6 is 54.5 Å². The third-order valence-corrected chi connectivity index (χ3v) is 5.68. The van der Waals surface area contributed by atoms with E-state index in [0.29, 0.717) is 0 Å². The van der Waals surface area contributed by atoms with Crippen LogP contribution in [0.25, 0.3) is 27.5 Å². The lowest BCUT2D eigenvalue weighted by Crippen LogP contribution is -1.96. The molecule has 1 aromatic heterocycles. The van der Waals surface area contributed by atoms with Gasteiger partial charge in [-0.1, -0.05) is 44.0 Å². The molecule has 4 aromatic rings. The Morgan fingerprint density at radius 3 is 1.82 bits per heavy atom. The van der Waals surface area contributed by atoms with Gasteiger partial charge in [0, 0.05) is 23.3 Å². The molecule has 0 saturated heterocycles. The largest absolute Gasteiger partial charge is 0.308 e. The van der Waals surface area contributed by atoms with Gasteiger partial charge in [0.2, 0.25) is 0 Å². The van der Waals surface area contributed by atoms with Crippen LogP contribution in [-0.4, -0.2) is 4.57 Å². The molecule has 22 heavy (non-hydrogen) atoms. The molecule has 4 heteroatoms. The molecule has 0 fully saturated rings. The zero-order chi connectivity index (χ0) is 15.3. The third kappa shape index (κ3) is 2.32. The molecule has 0 aliphatic heterocycles. The summed E-state index contributed by atoms with van der Waals surface area (Å²) in [5, 5.41) is 2.51. The van der Waals surface area contributed by atoms with Crippen LogP contribution < -0.4 is 0 Å². The van der Waals surface area contributed by atoms with Gasteiger partial charge < -0.3 is 4.57 Å². The van der Waals surface area contributed by atoms with Crippen molar-refractivity contribution >= 4 is 76.3 Å². The van der Waals surface area contributed by atoms with Crippen molar-refractivity contribution in [2.24, 2.45) is 0 Å². The average molecular weight is 527 g/mol. The highest BCUT2D eigenvalue weighted by molar-refractivity contribution is 14.1. The van der Waals surface area contributed by atoms with Gasteiger partial charge in [0.05, 0.1) is 16.7 Å². The Labute approximate surface area is 158 Å². The predicted octanol–water partition coefficient (Wildman–Crippen LogP) is 6.91. The summed E-state index contributed by atoms with van der Waals surface area (Å²) < 4.78 is 5.78. The highest BCUT2D eigenvalue weighted by Crippen LogP contribution is 2.36. The van der Waals surface area contributed by atoms with E-state index in [2.05, 4.69) is 120 Å². The second-order valence-corrected chi connectivity index (χ2v) is 8.10. The smallest absolute Gasteiger partial charge is 0.0595 e. The summed E-state index contributed by atoms with van der Waals surface area (Å²) >= 11 is 9.59. The lowest BCUT2D eigenvalue weighted by atomic mass is 10.2. The quantitative estimate of drug-likeness (QED) is 0.237. The summed E-state index contributed by atoms with van der Waals surface area (Å²) in [6.07, 6.45) is 0. The highest BCUT2D eigenvalue weighted by Gasteiger charge is 2.14. The first-order valence-electron chi connectivity index (χ1n) is 6.79. The molecule has 1 nitrogen and oxygen atoms in total. The second-order valence-electron chi connectivity index (χ2n) is 5.11. The fourth-order valence-electron chi connectivity index (χ4n) is 2.86. The zero-order valence-electron chi connectivity index (χ0n) is 11.4. The van der Waals surface area contributed by atoms with Crippen molar-refractivity contribution in [1.82, 2.24) is 4.57 Å². The van der Waals surface area contributed by atoms with E-state index in [4.69, 9.17) is 0 Å². The molecule has 0 aliphatic rings. The molecule has 0 spiro atoms. The van der Waals surface area contributed by atoms with Crippen molar-refractivity contribution in [1.29, 1.82) is 0 Å². The summed E-state index contributed by atoms with van der Waals surface area (Å²) in [6.45, 7) is 0. The Kier molecular flexibility index (Phi) is 3.78. The van der Waals surface area contributed by atoms with Gasteiger partial charge in [-0.25, -0.2) is 0 Å². The average Bonchev–Trinajstić information content (AvgIpc) is 2.81. The minimum absolute atomic E-state index is 1.10. The first-order valence-corrected chi connectivity index (χ1v) is 9.46. The van der Waals surface area contributed by atoms with Crippen molar-refractivity contribution in [3.05, 3.63) is 73.2 Å². The van der Waals surface area contributed by atoms with E-state index >= 15 is 0 Å². The van der Waals surface area contributed by atoms with Gasteiger partial charge in [0.1, 0.15) is 0 Å². The molecular formula is C18H10Br2IN. The first kappa shape index (κ1) is 14.7. The summed E-state index contributed by atoms with van der Waals surface area (Å²) in [6, 6.07) is 21.4. The molecule has 0 bridgehead atoms. The molecule has 0 N–H and O–H groups in total. The Balaban J connectivity index is 2.23. The Morgan fingerprint density at radius 1 is 0.727 bits per heavy atom. The number of fused-ring (bicyclic) bond motifs is 3. The van der Waals surface area contributed by atoms with Crippen molar-refractivity contribution in [3.8, 4) is 5.69 Å². The topological polar surface area (TPSA) is 4.93 Å². The number of halogens is 3. The lowest BCUT2D eigenvalue weighted by Gasteiger charge is -2.09.